The van der Waals surface area contributed by atoms with E-state index in [4.69, 9.17) is 0 Å². The Morgan fingerprint density at radius 3 is 2.29 bits per heavy atom. The van der Waals surface area contributed by atoms with Crippen LogP contribution >= 0.6 is 12.6 Å². The first-order valence-corrected chi connectivity index (χ1v) is 5.49. The summed E-state index contributed by atoms with van der Waals surface area (Å²) in [6.07, 6.45) is 1.06. The van der Waals surface area contributed by atoms with Crippen LogP contribution in [0.3, 0.4) is 0 Å². The third-order valence-electron chi connectivity index (χ3n) is 2.06. The van der Waals surface area contributed by atoms with E-state index in [1.165, 1.54) is 5.56 Å². The molecule has 0 atom stereocenters. The SMILES string of the molecule is CC(C)Cc1ccc(C(=O)CS)cc1. The van der Waals surface area contributed by atoms with Crippen LogP contribution in [0.2, 0.25) is 0 Å². The Labute approximate surface area is 90.9 Å². The van der Waals surface area contributed by atoms with E-state index >= 15 is 0 Å². The van der Waals surface area contributed by atoms with Gasteiger partial charge in [-0.25, -0.2) is 0 Å². The minimum atomic E-state index is 0.0874. The number of thiol groups is 1. The van der Waals surface area contributed by atoms with Gasteiger partial charge < -0.3 is 0 Å². The number of rotatable bonds is 4. The summed E-state index contributed by atoms with van der Waals surface area (Å²) < 4.78 is 0. The van der Waals surface area contributed by atoms with E-state index in [2.05, 4.69) is 26.5 Å². The van der Waals surface area contributed by atoms with Gasteiger partial charge in [-0.05, 0) is 17.9 Å². The summed E-state index contributed by atoms with van der Waals surface area (Å²) in [7, 11) is 0. The number of hydrogen-bond donors (Lipinski definition) is 1. The lowest BCUT2D eigenvalue weighted by Gasteiger charge is -2.05. The molecule has 1 aromatic rings. The maximum Gasteiger partial charge on any atom is 0.172 e. The van der Waals surface area contributed by atoms with Gasteiger partial charge >= 0.3 is 0 Å². The van der Waals surface area contributed by atoms with Crippen molar-refractivity contribution in [3.05, 3.63) is 35.4 Å². The van der Waals surface area contributed by atoms with E-state index < -0.39 is 0 Å². The fourth-order valence-electron chi connectivity index (χ4n) is 1.39. The second kappa shape index (κ2) is 5.20. The highest BCUT2D eigenvalue weighted by Gasteiger charge is 2.03. The second-order valence-corrected chi connectivity index (χ2v) is 4.19. The van der Waals surface area contributed by atoms with Gasteiger partial charge in [0.25, 0.3) is 0 Å². The molecule has 0 fully saturated rings. The molecule has 0 N–H and O–H groups in total. The molecule has 0 aliphatic heterocycles. The monoisotopic (exact) mass is 208 g/mol. The van der Waals surface area contributed by atoms with Crippen molar-refractivity contribution in [2.75, 3.05) is 5.75 Å². The first kappa shape index (κ1) is 11.3. The van der Waals surface area contributed by atoms with Crippen LogP contribution in [0.25, 0.3) is 0 Å². The number of carbonyl (C=O) groups is 1. The maximum absolute atomic E-state index is 11.3. The van der Waals surface area contributed by atoms with Crippen LogP contribution in [0.5, 0.6) is 0 Å². The molecule has 0 aromatic heterocycles. The summed E-state index contributed by atoms with van der Waals surface area (Å²) in [5.74, 6) is 1.02. The largest absolute Gasteiger partial charge is 0.293 e. The molecular formula is C12H16OS. The molecule has 0 heterocycles. The van der Waals surface area contributed by atoms with Crippen molar-refractivity contribution in [1.29, 1.82) is 0 Å². The molecule has 0 radical (unpaired) electrons. The zero-order valence-corrected chi connectivity index (χ0v) is 9.55. The number of Topliss-reactive ketones (excluding diaryl/α,β-unsaturated/α-hetero) is 1. The van der Waals surface area contributed by atoms with Crippen LogP contribution in [0.15, 0.2) is 24.3 Å². The first-order valence-electron chi connectivity index (χ1n) is 4.86. The number of hydrogen-bond acceptors (Lipinski definition) is 2. The molecule has 76 valence electrons. The Bertz CT molecular complexity index is 301. The zero-order valence-electron chi connectivity index (χ0n) is 8.66. The van der Waals surface area contributed by atoms with Crippen LogP contribution in [-0.4, -0.2) is 11.5 Å². The standard InChI is InChI=1S/C12H16OS/c1-9(2)7-10-3-5-11(6-4-10)12(13)8-14/h3-6,9,14H,7-8H2,1-2H3. The highest BCUT2D eigenvalue weighted by atomic mass is 32.1. The predicted molar refractivity (Wildman–Crippen MR) is 63.2 cm³/mol. The Kier molecular flexibility index (Phi) is 4.21. The van der Waals surface area contributed by atoms with E-state index in [1.807, 2.05) is 24.3 Å². The molecule has 0 saturated carbocycles. The summed E-state index contributed by atoms with van der Waals surface area (Å²) in [4.78, 5) is 11.3. The molecule has 0 amide bonds. The van der Waals surface area contributed by atoms with Crippen LogP contribution in [-0.2, 0) is 6.42 Å². The van der Waals surface area contributed by atoms with Gasteiger partial charge in [-0.15, -0.1) is 0 Å². The Balaban J connectivity index is 2.73. The fraction of sp³-hybridized carbons (Fsp3) is 0.417. The van der Waals surface area contributed by atoms with E-state index in [0.717, 1.165) is 12.0 Å². The van der Waals surface area contributed by atoms with Gasteiger partial charge in [-0.3, -0.25) is 4.79 Å². The Morgan fingerprint density at radius 1 is 1.29 bits per heavy atom. The lowest BCUT2D eigenvalue weighted by atomic mass is 10.0. The van der Waals surface area contributed by atoms with E-state index in [0.29, 0.717) is 5.92 Å². The van der Waals surface area contributed by atoms with Crippen molar-refractivity contribution in [2.24, 2.45) is 5.92 Å². The molecule has 0 bridgehead atoms. The Morgan fingerprint density at radius 2 is 1.86 bits per heavy atom. The van der Waals surface area contributed by atoms with Crippen LogP contribution in [0.1, 0.15) is 29.8 Å². The molecule has 0 spiro atoms. The quantitative estimate of drug-likeness (QED) is 0.594. The smallest absolute Gasteiger partial charge is 0.172 e. The van der Waals surface area contributed by atoms with Gasteiger partial charge in [-0.2, -0.15) is 12.6 Å². The molecule has 1 aromatic carbocycles. The van der Waals surface area contributed by atoms with Crippen molar-refractivity contribution < 1.29 is 4.79 Å². The summed E-state index contributed by atoms with van der Waals surface area (Å²) in [6.45, 7) is 4.37. The van der Waals surface area contributed by atoms with Crippen LogP contribution < -0.4 is 0 Å². The Hall–Kier alpha value is -0.760. The lowest BCUT2D eigenvalue weighted by molar-refractivity contribution is 0.102. The average molecular weight is 208 g/mol. The van der Waals surface area contributed by atoms with Gasteiger partial charge in [-0.1, -0.05) is 38.1 Å². The van der Waals surface area contributed by atoms with Gasteiger partial charge in [0.05, 0.1) is 5.75 Å². The van der Waals surface area contributed by atoms with Gasteiger partial charge in [0.1, 0.15) is 0 Å². The molecule has 0 saturated heterocycles. The molecule has 1 rings (SSSR count). The number of carbonyl (C=O) groups excluding carboxylic acids is 1. The van der Waals surface area contributed by atoms with E-state index in [1.54, 1.807) is 0 Å². The van der Waals surface area contributed by atoms with Crippen molar-refractivity contribution in [2.45, 2.75) is 20.3 Å². The maximum atomic E-state index is 11.3. The van der Waals surface area contributed by atoms with Crippen molar-refractivity contribution in [1.82, 2.24) is 0 Å². The first-order chi connectivity index (χ1) is 6.63. The zero-order chi connectivity index (χ0) is 10.6. The molecule has 14 heavy (non-hydrogen) atoms. The highest BCUT2D eigenvalue weighted by molar-refractivity contribution is 7.81. The molecule has 0 unspecified atom stereocenters. The highest BCUT2D eigenvalue weighted by Crippen LogP contribution is 2.10. The van der Waals surface area contributed by atoms with Crippen LogP contribution in [0, 0.1) is 5.92 Å². The fourth-order valence-corrected chi connectivity index (χ4v) is 1.57. The third kappa shape index (κ3) is 3.18. The predicted octanol–water partition coefficient (Wildman–Crippen LogP) is 3.00. The normalized spacial score (nSPS) is 10.6. The van der Waals surface area contributed by atoms with Gasteiger partial charge in [0.2, 0.25) is 0 Å². The van der Waals surface area contributed by atoms with Crippen molar-refractivity contribution in [3.8, 4) is 0 Å². The third-order valence-corrected chi connectivity index (χ3v) is 2.35. The average Bonchev–Trinajstić information content (AvgIpc) is 2.17. The summed E-state index contributed by atoms with van der Waals surface area (Å²) in [5.41, 5.74) is 2.04. The second-order valence-electron chi connectivity index (χ2n) is 3.88. The van der Waals surface area contributed by atoms with Crippen LogP contribution in [0.4, 0.5) is 0 Å². The van der Waals surface area contributed by atoms with Gasteiger partial charge in [0, 0.05) is 5.56 Å². The summed E-state index contributed by atoms with van der Waals surface area (Å²) >= 11 is 3.96. The number of ketones is 1. The molecular weight excluding hydrogens is 192 g/mol. The van der Waals surface area contributed by atoms with Gasteiger partial charge in [0.15, 0.2) is 5.78 Å². The van der Waals surface area contributed by atoms with Crippen molar-refractivity contribution >= 4 is 18.4 Å². The molecule has 2 heteroatoms. The number of benzene rings is 1. The lowest BCUT2D eigenvalue weighted by Crippen LogP contribution is -2.01. The summed E-state index contributed by atoms with van der Waals surface area (Å²) in [6, 6.07) is 7.82. The van der Waals surface area contributed by atoms with E-state index in [-0.39, 0.29) is 11.5 Å². The summed E-state index contributed by atoms with van der Waals surface area (Å²) in [5, 5.41) is 0. The topological polar surface area (TPSA) is 17.1 Å². The minimum Gasteiger partial charge on any atom is -0.293 e. The molecule has 1 nitrogen and oxygen atoms in total. The molecule has 0 aliphatic rings. The molecule has 0 aliphatic carbocycles. The van der Waals surface area contributed by atoms with E-state index in [9.17, 15) is 4.79 Å². The van der Waals surface area contributed by atoms with Crippen molar-refractivity contribution in [3.63, 3.8) is 0 Å². The minimum absolute atomic E-state index is 0.0874.